The molecular weight excluding hydrogens is 306 g/mol. The lowest BCUT2D eigenvalue weighted by Gasteiger charge is -2.13. The van der Waals surface area contributed by atoms with Crippen molar-refractivity contribution < 1.29 is 9.53 Å². The van der Waals surface area contributed by atoms with Crippen molar-refractivity contribution in [2.45, 2.75) is 39.7 Å². The largest absolute Gasteiger partial charge is 0.492 e. The number of rotatable bonds is 7. The Bertz CT molecular complexity index is 766. The maximum Gasteiger partial charge on any atom is 0.253 e. The molecule has 128 valence electrons. The van der Waals surface area contributed by atoms with Crippen molar-refractivity contribution >= 4 is 5.91 Å². The van der Waals surface area contributed by atoms with Gasteiger partial charge in [0, 0.05) is 18.2 Å². The molecule has 0 saturated carbocycles. The Morgan fingerprint density at radius 3 is 2.58 bits per heavy atom. The Labute approximate surface area is 141 Å². The SMILES string of the molecule is CCc1nc(C)cc(=O)n1CCOc1ccc(C(C)C(N)=O)cc1. The van der Waals surface area contributed by atoms with Gasteiger partial charge in [0.05, 0.1) is 12.5 Å². The van der Waals surface area contributed by atoms with Gasteiger partial charge in [0.2, 0.25) is 5.91 Å². The summed E-state index contributed by atoms with van der Waals surface area (Å²) in [7, 11) is 0. The molecular formula is C18H23N3O3. The first-order valence-corrected chi connectivity index (χ1v) is 8.01. The molecule has 2 aromatic rings. The van der Waals surface area contributed by atoms with Crippen LogP contribution in [0.15, 0.2) is 35.1 Å². The Kier molecular flexibility index (Phi) is 5.73. The van der Waals surface area contributed by atoms with Crippen LogP contribution in [-0.4, -0.2) is 22.1 Å². The van der Waals surface area contributed by atoms with E-state index < -0.39 is 0 Å². The van der Waals surface area contributed by atoms with E-state index in [-0.39, 0.29) is 17.4 Å². The molecule has 1 unspecified atom stereocenters. The minimum absolute atomic E-state index is 0.0615. The second kappa shape index (κ2) is 7.77. The van der Waals surface area contributed by atoms with E-state index in [1.807, 2.05) is 26.0 Å². The van der Waals surface area contributed by atoms with E-state index in [1.165, 1.54) is 6.07 Å². The van der Waals surface area contributed by atoms with Crippen LogP contribution in [-0.2, 0) is 17.8 Å². The van der Waals surface area contributed by atoms with Gasteiger partial charge in [-0.3, -0.25) is 14.2 Å². The molecule has 0 bridgehead atoms. The molecule has 0 saturated heterocycles. The van der Waals surface area contributed by atoms with Crippen LogP contribution >= 0.6 is 0 Å². The molecule has 1 atom stereocenters. The zero-order valence-electron chi connectivity index (χ0n) is 14.3. The summed E-state index contributed by atoms with van der Waals surface area (Å²) < 4.78 is 7.32. The summed E-state index contributed by atoms with van der Waals surface area (Å²) in [6, 6.07) is 8.76. The first-order chi connectivity index (χ1) is 11.4. The molecule has 6 heteroatoms. The fourth-order valence-corrected chi connectivity index (χ4v) is 2.46. The second-order valence-corrected chi connectivity index (χ2v) is 5.70. The minimum Gasteiger partial charge on any atom is -0.492 e. The third-order valence-electron chi connectivity index (χ3n) is 3.92. The summed E-state index contributed by atoms with van der Waals surface area (Å²) in [4.78, 5) is 27.6. The molecule has 24 heavy (non-hydrogen) atoms. The number of nitrogens with two attached hydrogens (primary N) is 1. The summed E-state index contributed by atoms with van der Waals surface area (Å²) in [6.45, 7) is 6.35. The molecule has 0 aliphatic carbocycles. The average Bonchev–Trinajstić information content (AvgIpc) is 2.56. The smallest absolute Gasteiger partial charge is 0.253 e. The number of carbonyl (C=O) groups excluding carboxylic acids is 1. The van der Waals surface area contributed by atoms with Crippen molar-refractivity contribution in [2.24, 2.45) is 5.73 Å². The summed E-state index contributed by atoms with van der Waals surface area (Å²) in [5, 5.41) is 0. The molecule has 2 N–H and O–H groups in total. The molecule has 6 nitrogen and oxygen atoms in total. The summed E-state index contributed by atoms with van der Waals surface area (Å²) >= 11 is 0. The molecule has 1 amide bonds. The first kappa shape index (κ1) is 17.7. The normalized spacial score (nSPS) is 12.0. The van der Waals surface area contributed by atoms with E-state index in [4.69, 9.17) is 10.5 Å². The van der Waals surface area contributed by atoms with Gasteiger partial charge in [0.1, 0.15) is 18.2 Å². The number of hydrogen-bond acceptors (Lipinski definition) is 4. The number of amides is 1. The van der Waals surface area contributed by atoms with Crippen LogP contribution in [0.2, 0.25) is 0 Å². The fourth-order valence-electron chi connectivity index (χ4n) is 2.46. The zero-order valence-corrected chi connectivity index (χ0v) is 14.3. The molecule has 0 radical (unpaired) electrons. The minimum atomic E-state index is -0.359. The number of primary amides is 1. The number of benzene rings is 1. The predicted molar refractivity (Wildman–Crippen MR) is 92.2 cm³/mol. The topological polar surface area (TPSA) is 87.2 Å². The quantitative estimate of drug-likeness (QED) is 0.839. The van der Waals surface area contributed by atoms with Crippen molar-refractivity contribution in [2.75, 3.05) is 6.61 Å². The van der Waals surface area contributed by atoms with Crippen LogP contribution in [0.1, 0.15) is 36.8 Å². The number of hydrogen-bond donors (Lipinski definition) is 1. The highest BCUT2D eigenvalue weighted by molar-refractivity contribution is 5.81. The van der Waals surface area contributed by atoms with E-state index >= 15 is 0 Å². The van der Waals surface area contributed by atoms with Gasteiger partial charge in [-0.15, -0.1) is 0 Å². The maximum absolute atomic E-state index is 12.1. The second-order valence-electron chi connectivity index (χ2n) is 5.70. The summed E-state index contributed by atoms with van der Waals surface area (Å²) in [5.74, 6) is 0.751. The number of nitrogens with zero attached hydrogens (tertiary/aromatic N) is 2. The van der Waals surface area contributed by atoms with Gasteiger partial charge in [-0.1, -0.05) is 19.1 Å². The van der Waals surface area contributed by atoms with Crippen LogP contribution < -0.4 is 16.0 Å². The standard InChI is InChI=1S/C18H23N3O3/c1-4-16-20-12(2)11-17(22)21(16)9-10-24-15-7-5-14(6-8-15)13(3)18(19)23/h5-8,11,13H,4,9-10H2,1-3H3,(H2,19,23). The fraction of sp³-hybridized carbons (Fsp3) is 0.389. The number of ether oxygens (including phenoxy) is 1. The molecule has 0 aliphatic heterocycles. The van der Waals surface area contributed by atoms with E-state index in [1.54, 1.807) is 23.6 Å². The molecule has 2 rings (SSSR count). The Hall–Kier alpha value is -2.63. The highest BCUT2D eigenvalue weighted by Gasteiger charge is 2.11. The number of aryl methyl sites for hydroxylation is 2. The van der Waals surface area contributed by atoms with Gasteiger partial charge in [-0.25, -0.2) is 4.98 Å². The lowest BCUT2D eigenvalue weighted by Crippen LogP contribution is -2.27. The van der Waals surface area contributed by atoms with Crippen molar-refractivity contribution in [1.29, 1.82) is 0 Å². The van der Waals surface area contributed by atoms with Crippen molar-refractivity contribution in [3.8, 4) is 5.75 Å². The monoisotopic (exact) mass is 329 g/mol. The Balaban J connectivity index is 2.00. The van der Waals surface area contributed by atoms with Gasteiger partial charge in [0.25, 0.3) is 5.56 Å². The van der Waals surface area contributed by atoms with Crippen LogP contribution in [0.5, 0.6) is 5.75 Å². The molecule has 0 aliphatic rings. The molecule has 0 spiro atoms. The van der Waals surface area contributed by atoms with Gasteiger partial charge in [-0.05, 0) is 31.5 Å². The van der Waals surface area contributed by atoms with Gasteiger partial charge >= 0.3 is 0 Å². The summed E-state index contributed by atoms with van der Waals surface area (Å²) in [6.07, 6.45) is 0.691. The molecule has 1 aromatic carbocycles. The van der Waals surface area contributed by atoms with Gasteiger partial charge in [0.15, 0.2) is 0 Å². The third-order valence-corrected chi connectivity index (χ3v) is 3.92. The Morgan fingerprint density at radius 1 is 1.33 bits per heavy atom. The van der Waals surface area contributed by atoms with Crippen molar-refractivity contribution in [3.63, 3.8) is 0 Å². The maximum atomic E-state index is 12.1. The van der Waals surface area contributed by atoms with Crippen LogP contribution in [0.4, 0.5) is 0 Å². The van der Waals surface area contributed by atoms with E-state index in [2.05, 4.69) is 4.98 Å². The molecule has 0 fully saturated rings. The Morgan fingerprint density at radius 2 is 2.00 bits per heavy atom. The summed E-state index contributed by atoms with van der Waals surface area (Å²) in [5.41, 5.74) is 6.81. The van der Waals surface area contributed by atoms with Crippen LogP contribution in [0, 0.1) is 6.92 Å². The lowest BCUT2D eigenvalue weighted by molar-refractivity contribution is -0.119. The van der Waals surface area contributed by atoms with E-state index in [9.17, 15) is 9.59 Å². The number of carbonyl (C=O) groups is 1. The van der Waals surface area contributed by atoms with E-state index in [0.29, 0.717) is 25.3 Å². The van der Waals surface area contributed by atoms with Crippen molar-refractivity contribution in [1.82, 2.24) is 9.55 Å². The van der Waals surface area contributed by atoms with E-state index in [0.717, 1.165) is 17.1 Å². The zero-order chi connectivity index (χ0) is 17.7. The molecule has 1 aromatic heterocycles. The molecule has 1 heterocycles. The lowest BCUT2D eigenvalue weighted by atomic mass is 10.0. The highest BCUT2D eigenvalue weighted by Crippen LogP contribution is 2.19. The van der Waals surface area contributed by atoms with Crippen molar-refractivity contribution in [3.05, 3.63) is 57.8 Å². The predicted octanol–water partition coefficient (Wildman–Crippen LogP) is 1.78. The van der Waals surface area contributed by atoms with Crippen LogP contribution in [0.3, 0.4) is 0 Å². The first-order valence-electron chi connectivity index (χ1n) is 8.01. The van der Waals surface area contributed by atoms with Gasteiger partial charge < -0.3 is 10.5 Å². The van der Waals surface area contributed by atoms with Gasteiger partial charge in [-0.2, -0.15) is 0 Å². The van der Waals surface area contributed by atoms with Crippen LogP contribution in [0.25, 0.3) is 0 Å². The highest BCUT2D eigenvalue weighted by atomic mass is 16.5. The number of aromatic nitrogens is 2. The average molecular weight is 329 g/mol. The third kappa shape index (κ3) is 4.22.